The lowest BCUT2D eigenvalue weighted by atomic mass is 10.1. The van der Waals surface area contributed by atoms with Crippen LogP contribution >= 0.6 is 12.4 Å². The maximum atomic E-state index is 13.4. The number of nitrogens with zero attached hydrogens (tertiary/aromatic N) is 1. The van der Waals surface area contributed by atoms with Gasteiger partial charge in [-0.3, -0.25) is 0 Å². The first-order valence-corrected chi connectivity index (χ1v) is 8.96. The molecule has 2 N–H and O–H groups in total. The van der Waals surface area contributed by atoms with E-state index in [4.69, 9.17) is 10.5 Å². The van der Waals surface area contributed by atoms with Crippen molar-refractivity contribution >= 4 is 22.4 Å². The van der Waals surface area contributed by atoms with E-state index in [2.05, 4.69) is 0 Å². The summed E-state index contributed by atoms with van der Waals surface area (Å²) in [5.41, 5.74) is 6.01. The van der Waals surface area contributed by atoms with E-state index in [9.17, 15) is 12.8 Å². The van der Waals surface area contributed by atoms with E-state index in [-0.39, 0.29) is 23.4 Å². The van der Waals surface area contributed by atoms with Gasteiger partial charge in [0, 0.05) is 19.7 Å². The standard InChI is InChI=1S/C15H23FN2O3S.ClH/c1-12-9-13(16)11-15(10-12)22(19,20)18-6-3-14(4-7-18)21-8-2-5-17;/h9-11,14H,2-8,17H2,1H3;1H. The second-order valence-corrected chi connectivity index (χ2v) is 7.52. The molecule has 0 unspecified atom stereocenters. The van der Waals surface area contributed by atoms with Crippen LogP contribution in [0, 0.1) is 12.7 Å². The predicted molar refractivity (Wildman–Crippen MR) is 89.8 cm³/mol. The van der Waals surface area contributed by atoms with Gasteiger partial charge in [0.2, 0.25) is 10.0 Å². The van der Waals surface area contributed by atoms with Crippen LogP contribution in [-0.4, -0.2) is 45.1 Å². The van der Waals surface area contributed by atoms with E-state index in [1.165, 1.54) is 16.4 Å². The van der Waals surface area contributed by atoms with Crippen LogP contribution in [0.15, 0.2) is 23.1 Å². The minimum absolute atomic E-state index is 0. The van der Waals surface area contributed by atoms with Gasteiger partial charge in [-0.2, -0.15) is 4.31 Å². The molecule has 8 heteroatoms. The van der Waals surface area contributed by atoms with E-state index >= 15 is 0 Å². The monoisotopic (exact) mass is 366 g/mol. The molecule has 1 aromatic rings. The molecule has 0 bridgehead atoms. The van der Waals surface area contributed by atoms with Crippen molar-refractivity contribution in [1.82, 2.24) is 4.31 Å². The van der Waals surface area contributed by atoms with E-state index in [0.717, 1.165) is 12.5 Å². The largest absolute Gasteiger partial charge is 0.378 e. The highest BCUT2D eigenvalue weighted by Gasteiger charge is 2.30. The average Bonchev–Trinajstić information content (AvgIpc) is 2.47. The second-order valence-electron chi connectivity index (χ2n) is 5.58. The number of halogens is 2. The zero-order chi connectivity index (χ0) is 16.2. The SMILES string of the molecule is Cc1cc(F)cc(S(=O)(=O)N2CCC(OCCCN)CC2)c1.Cl. The van der Waals surface area contributed by atoms with E-state index in [1.54, 1.807) is 6.92 Å². The third-order valence-electron chi connectivity index (χ3n) is 3.76. The van der Waals surface area contributed by atoms with E-state index in [1.807, 2.05) is 0 Å². The molecule has 0 atom stereocenters. The Morgan fingerprint density at radius 1 is 1.30 bits per heavy atom. The Bertz CT molecular complexity index is 584. The second kappa shape index (κ2) is 8.94. The summed E-state index contributed by atoms with van der Waals surface area (Å²) in [7, 11) is -3.64. The van der Waals surface area contributed by atoms with Gasteiger partial charge in [-0.25, -0.2) is 12.8 Å². The first-order valence-electron chi connectivity index (χ1n) is 7.52. The van der Waals surface area contributed by atoms with Crippen LogP contribution in [0.2, 0.25) is 0 Å². The van der Waals surface area contributed by atoms with Crippen LogP contribution < -0.4 is 5.73 Å². The molecule has 2 rings (SSSR count). The molecule has 1 aromatic carbocycles. The van der Waals surface area contributed by atoms with Crippen LogP contribution in [0.25, 0.3) is 0 Å². The lowest BCUT2D eigenvalue weighted by Gasteiger charge is -2.31. The van der Waals surface area contributed by atoms with E-state index in [0.29, 0.717) is 44.6 Å². The van der Waals surface area contributed by atoms with Crippen LogP contribution in [-0.2, 0) is 14.8 Å². The van der Waals surface area contributed by atoms with Gasteiger partial charge in [0.1, 0.15) is 5.82 Å². The van der Waals surface area contributed by atoms with Crippen molar-refractivity contribution in [3.05, 3.63) is 29.6 Å². The molecule has 1 heterocycles. The Morgan fingerprint density at radius 2 is 1.96 bits per heavy atom. The van der Waals surface area contributed by atoms with Crippen molar-refractivity contribution in [3.63, 3.8) is 0 Å². The predicted octanol–water partition coefficient (Wildman–Crippen LogP) is 2.07. The molecule has 1 saturated heterocycles. The smallest absolute Gasteiger partial charge is 0.243 e. The zero-order valence-electron chi connectivity index (χ0n) is 13.2. The number of aryl methyl sites for hydroxylation is 1. The number of rotatable bonds is 6. The molecular formula is C15H24ClFN2O3S. The van der Waals surface area contributed by atoms with Gasteiger partial charge in [-0.15, -0.1) is 12.4 Å². The summed E-state index contributed by atoms with van der Waals surface area (Å²) in [6.07, 6.45) is 2.18. The number of nitrogens with two attached hydrogens (primary N) is 1. The number of piperidine rings is 1. The lowest BCUT2D eigenvalue weighted by Crippen LogP contribution is -2.41. The first-order chi connectivity index (χ1) is 10.4. The fourth-order valence-corrected chi connectivity index (χ4v) is 4.16. The summed E-state index contributed by atoms with van der Waals surface area (Å²) in [6, 6.07) is 3.89. The van der Waals surface area contributed by atoms with Crippen molar-refractivity contribution in [2.75, 3.05) is 26.2 Å². The average molecular weight is 367 g/mol. The number of hydrogen-bond donors (Lipinski definition) is 1. The topological polar surface area (TPSA) is 72.6 Å². The number of hydrogen-bond acceptors (Lipinski definition) is 4. The number of benzene rings is 1. The molecular weight excluding hydrogens is 343 g/mol. The third kappa shape index (κ3) is 5.39. The highest BCUT2D eigenvalue weighted by atomic mass is 35.5. The maximum Gasteiger partial charge on any atom is 0.243 e. The minimum Gasteiger partial charge on any atom is -0.378 e. The molecule has 0 aromatic heterocycles. The molecule has 23 heavy (non-hydrogen) atoms. The summed E-state index contributed by atoms with van der Waals surface area (Å²) in [6.45, 7) is 3.67. The zero-order valence-corrected chi connectivity index (χ0v) is 14.8. The van der Waals surface area contributed by atoms with Crippen LogP contribution in [0.4, 0.5) is 4.39 Å². The molecule has 0 saturated carbocycles. The van der Waals surface area contributed by atoms with Crippen molar-refractivity contribution in [3.8, 4) is 0 Å². The molecule has 0 amide bonds. The third-order valence-corrected chi connectivity index (χ3v) is 5.63. The van der Waals surface area contributed by atoms with Gasteiger partial charge >= 0.3 is 0 Å². The van der Waals surface area contributed by atoms with Gasteiger partial charge in [0.05, 0.1) is 11.0 Å². The highest BCUT2D eigenvalue weighted by molar-refractivity contribution is 7.89. The highest BCUT2D eigenvalue weighted by Crippen LogP contribution is 2.23. The molecule has 1 aliphatic heterocycles. The fraction of sp³-hybridized carbons (Fsp3) is 0.600. The van der Waals surface area contributed by atoms with Crippen molar-refractivity contribution < 1.29 is 17.5 Å². The van der Waals surface area contributed by atoms with Gasteiger partial charge in [0.15, 0.2) is 0 Å². The molecule has 132 valence electrons. The first kappa shape index (κ1) is 20.3. The normalized spacial score (nSPS) is 17.0. The van der Waals surface area contributed by atoms with Gasteiger partial charge in [-0.05, 0) is 56.5 Å². The summed E-state index contributed by atoms with van der Waals surface area (Å²) >= 11 is 0. The number of ether oxygens (including phenoxy) is 1. The molecule has 0 radical (unpaired) electrons. The summed E-state index contributed by atoms with van der Waals surface area (Å²) in [5, 5.41) is 0. The van der Waals surface area contributed by atoms with Gasteiger partial charge in [-0.1, -0.05) is 0 Å². The lowest BCUT2D eigenvalue weighted by molar-refractivity contribution is 0.0209. The summed E-state index contributed by atoms with van der Waals surface area (Å²) in [5.74, 6) is -0.529. The molecule has 0 aliphatic carbocycles. The quantitative estimate of drug-likeness (QED) is 0.782. The Balaban J connectivity index is 0.00000264. The fourth-order valence-electron chi connectivity index (χ4n) is 2.57. The Hall–Kier alpha value is -0.730. The Morgan fingerprint density at radius 3 is 2.52 bits per heavy atom. The van der Waals surface area contributed by atoms with E-state index < -0.39 is 15.8 Å². The van der Waals surface area contributed by atoms with Crippen LogP contribution in [0.5, 0.6) is 0 Å². The van der Waals surface area contributed by atoms with Crippen LogP contribution in [0.1, 0.15) is 24.8 Å². The molecule has 5 nitrogen and oxygen atoms in total. The maximum absolute atomic E-state index is 13.4. The van der Waals surface area contributed by atoms with Crippen molar-refractivity contribution in [2.24, 2.45) is 5.73 Å². The summed E-state index contributed by atoms with van der Waals surface area (Å²) < 4.78 is 45.6. The summed E-state index contributed by atoms with van der Waals surface area (Å²) in [4.78, 5) is 0.0208. The Labute approximate surface area is 143 Å². The van der Waals surface area contributed by atoms with Crippen molar-refractivity contribution in [2.45, 2.75) is 37.2 Å². The van der Waals surface area contributed by atoms with Crippen molar-refractivity contribution in [1.29, 1.82) is 0 Å². The minimum atomic E-state index is -3.64. The Kier molecular flexibility index (Phi) is 7.89. The molecule has 0 spiro atoms. The number of sulfonamides is 1. The molecule has 1 fully saturated rings. The van der Waals surface area contributed by atoms with Crippen LogP contribution in [0.3, 0.4) is 0 Å². The van der Waals surface area contributed by atoms with Gasteiger partial charge < -0.3 is 10.5 Å². The molecule has 1 aliphatic rings. The van der Waals surface area contributed by atoms with Gasteiger partial charge in [0.25, 0.3) is 0 Å².